The van der Waals surface area contributed by atoms with Gasteiger partial charge in [0.1, 0.15) is 0 Å². The Bertz CT molecular complexity index is 213. The molecular weight excluding hydrogens is 204 g/mol. The number of hydrogen-bond donors (Lipinski definition) is 3. The smallest absolute Gasteiger partial charge is 0.227 e. The van der Waals surface area contributed by atoms with Gasteiger partial charge < -0.3 is 15.7 Å². The van der Waals surface area contributed by atoms with Gasteiger partial charge in [-0.2, -0.15) is 0 Å². The molecule has 0 aliphatic carbocycles. The maximum absolute atomic E-state index is 12.0. The van der Waals surface area contributed by atoms with Gasteiger partial charge in [0, 0.05) is 19.7 Å². The summed E-state index contributed by atoms with van der Waals surface area (Å²) in [4.78, 5) is 12.0. The molecule has 0 bridgehead atoms. The highest BCUT2D eigenvalue weighted by atomic mass is 16.2. The molecule has 1 unspecified atom stereocenters. The number of nitrogens with one attached hydrogen (secondary N) is 2. The van der Waals surface area contributed by atoms with Crippen molar-refractivity contribution in [3.8, 4) is 0 Å². The zero-order valence-corrected chi connectivity index (χ0v) is 10.2. The first-order chi connectivity index (χ1) is 7.69. The zero-order valence-electron chi connectivity index (χ0n) is 10.2. The third-order valence-electron chi connectivity index (χ3n) is 3.27. The van der Waals surface area contributed by atoms with Crippen LogP contribution in [0.2, 0.25) is 0 Å². The fourth-order valence-corrected chi connectivity index (χ4v) is 2.08. The van der Waals surface area contributed by atoms with Gasteiger partial charge in [0.05, 0.1) is 5.41 Å². The van der Waals surface area contributed by atoms with Crippen LogP contribution < -0.4 is 10.6 Å². The molecular formula is C12H24N2O2. The summed E-state index contributed by atoms with van der Waals surface area (Å²) in [6, 6.07) is 0. The number of hydrogen-bond acceptors (Lipinski definition) is 3. The SMILES string of the molecule is CC1(C(=O)NCCCCCO)CCCNC1. The Morgan fingerprint density at radius 1 is 1.44 bits per heavy atom. The third-order valence-corrected chi connectivity index (χ3v) is 3.27. The van der Waals surface area contributed by atoms with E-state index in [0.29, 0.717) is 0 Å². The van der Waals surface area contributed by atoms with Crippen LogP contribution >= 0.6 is 0 Å². The van der Waals surface area contributed by atoms with Crippen LogP contribution in [0.15, 0.2) is 0 Å². The predicted octanol–water partition coefficient (Wildman–Crippen LogP) is 0.655. The standard InChI is InChI=1S/C12H24N2O2/c1-12(6-5-7-13-10-12)11(16)14-8-3-2-4-9-15/h13,15H,2-10H2,1H3,(H,14,16). The van der Waals surface area contributed by atoms with E-state index in [1.165, 1.54) is 0 Å². The second-order valence-corrected chi connectivity index (χ2v) is 4.88. The Hall–Kier alpha value is -0.610. The fraction of sp³-hybridized carbons (Fsp3) is 0.917. The lowest BCUT2D eigenvalue weighted by Crippen LogP contribution is -2.48. The molecule has 1 saturated heterocycles. The first-order valence-electron chi connectivity index (χ1n) is 6.29. The highest BCUT2D eigenvalue weighted by Gasteiger charge is 2.33. The Balaban J connectivity index is 2.18. The highest BCUT2D eigenvalue weighted by Crippen LogP contribution is 2.25. The van der Waals surface area contributed by atoms with Crippen LogP contribution in [0.5, 0.6) is 0 Å². The molecule has 1 rings (SSSR count). The van der Waals surface area contributed by atoms with Gasteiger partial charge in [0.2, 0.25) is 5.91 Å². The van der Waals surface area contributed by atoms with Crippen molar-refractivity contribution in [2.75, 3.05) is 26.2 Å². The van der Waals surface area contributed by atoms with Crippen LogP contribution in [0.4, 0.5) is 0 Å². The molecule has 1 amide bonds. The molecule has 1 aliphatic heterocycles. The Morgan fingerprint density at radius 2 is 2.25 bits per heavy atom. The van der Waals surface area contributed by atoms with Gasteiger partial charge in [-0.1, -0.05) is 0 Å². The summed E-state index contributed by atoms with van der Waals surface area (Å²) in [6.45, 7) is 4.82. The van der Waals surface area contributed by atoms with Crippen LogP contribution in [0.25, 0.3) is 0 Å². The van der Waals surface area contributed by atoms with Gasteiger partial charge in [0.25, 0.3) is 0 Å². The molecule has 1 fully saturated rings. The van der Waals surface area contributed by atoms with E-state index in [0.717, 1.165) is 51.7 Å². The predicted molar refractivity (Wildman–Crippen MR) is 64.2 cm³/mol. The van der Waals surface area contributed by atoms with E-state index < -0.39 is 0 Å². The average Bonchev–Trinajstić information content (AvgIpc) is 2.29. The van der Waals surface area contributed by atoms with E-state index in [-0.39, 0.29) is 17.9 Å². The van der Waals surface area contributed by atoms with Gasteiger partial charge in [-0.15, -0.1) is 0 Å². The van der Waals surface area contributed by atoms with E-state index in [4.69, 9.17) is 5.11 Å². The number of aliphatic hydroxyl groups excluding tert-OH is 1. The number of carbonyl (C=O) groups excluding carboxylic acids is 1. The Morgan fingerprint density at radius 3 is 2.88 bits per heavy atom. The molecule has 1 atom stereocenters. The van der Waals surface area contributed by atoms with Crippen LogP contribution in [-0.2, 0) is 4.79 Å². The molecule has 16 heavy (non-hydrogen) atoms. The lowest BCUT2D eigenvalue weighted by atomic mass is 9.82. The number of carbonyl (C=O) groups is 1. The van der Waals surface area contributed by atoms with Crippen molar-refractivity contribution in [3.63, 3.8) is 0 Å². The largest absolute Gasteiger partial charge is 0.396 e. The van der Waals surface area contributed by atoms with E-state index in [2.05, 4.69) is 10.6 Å². The van der Waals surface area contributed by atoms with Crippen molar-refractivity contribution >= 4 is 5.91 Å². The van der Waals surface area contributed by atoms with Crippen molar-refractivity contribution in [1.29, 1.82) is 0 Å². The molecule has 0 saturated carbocycles. The van der Waals surface area contributed by atoms with Crippen molar-refractivity contribution in [2.45, 2.75) is 39.0 Å². The lowest BCUT2D eigenvalue weighted by Gasteiger charge is -2.32. The number of unbranched alkanes of at least 4 members (excludes halogenated alkanes) is 2. The van der Waals surface area contributed by atoms with Gasteiger partial charge in [0.15, 0.2) is 0 Å². The van der Waals surface area contributed by atoms with Gasteiger partial charge in [-0.25, -0.2) is 0 Å². The van der Waals surface area contributed by atoms with Crippen molar-refractivity contribution in [1.82, 2.24) is 10.6 Å². The van der Waals surface area contributed by atoms with E-state index in [1.54, 1.807) is 0 Å². The maximum Gasteiger partial charge on any atom is 0.227 e. The van der Waals surface area contributed by atoms with Crippen LogP contribution in [0.1, 0.15) is 39.0 Å². The Kier molecular flexibility index (Phi) is 5.77. The molecule has 0 radical (unpaired) electrons. The maximum atomic E-state index is 12.0. The molecule has 1 heterocycles. The molecule has 94 valence electrons. The third kappa shape index (κ3) is 4.10. The second-order valence-electron chi connectivity index (χ2n) is 4.88. The molecule has 4 nitrogen and oxygen atoms in total. The van der Waals surface area contributed by atoms with Gasteiger partial charge >= 0.3 is 0 Å². The van der Waals surface area contributed by atoms with Gasteiger partial charge in [-0.05, 0) is 45.6 Å². The van der Waals surface area contributed by atoms with Crippen LogP contribution in [0.3, 0.4) is 0 Å². The summed E-state index contributed by atoms with van der Waals surface area (Å²) in [5, 5.41) is 14.9. The molecule has 4 heteroatoms. The minimum absolute atomic E-state index is 0.170. The summed E-state index contributed by atoms with van der Waals surface area (Å²) in [6.07, 6.45) is 4.81. The summed E-state index contributed by atoms with van der Waals surface area (Å²) in [7, 11) is 0. The summed E-state index contributed by atoms with van der Waals surface area (Å²) >= 11 is 0. The lowest BCUT2D eigenvalue weighted by molar-refractivity contribution is -0.131. The number of piperidine rings is 1. The van der Waals surface area contributed by atoms with Crippen molar-refractivity contribution in [3.05, 3.63) is 0 Å². The average molecular weight is 228 g/mol. The first-order valence-corrected chi connectivity index (χ1v) is 6.29. The second kappa shape index (κ2) is 6.86. The van der Waals surface area contributed by atoms with Gasteiger partial charge in [-0.3, -0.25) is 4.79 Å². The fourth-order valence-electron chi connectivity index (χ4n) is 2.08. The molecule has 1 aliphatic rings. The summed E-state index contributed by atoms with van der Waals surface area (Å²) < 4.78 is 0. The van der Waals surface area contributed by atoms with E-state index in [1.807, 2.05) is 6.92 Å². The van der Waals surface area contributed by atoms with Crippen LogP contribution in [-0.4, -0.2) is 37.3 Å². The van der Waals surface area contributed by atoms with Crippen molar-refractivity contribution in [2.24, 2.45) is 5.41 Å². The number of amides is 1. The monoisotopic (exact) mass is 228 g/mol. The number of aliphatic hydroxyl groups is 1. The number of rotatable bonds is 6. The van der Waals surface area contributed by atoms with E-state index >= 15 is 0 Å². The minimum Gasteiger partial charge on any atom is -0.396 e. The van der Waals surface area contributed by atoms with E-state index in [9.17, 15) is 4.79 Å². The topological polar surface area (TPSA) is 61.4 Å². The highest BCUT2D eigenvalue weighted by molar-refractivity contribution is 5.82. The summed E-state index contributed by atoms with van der Waals surface area (Å²) in [5.74, 6) is 0.170. The quantitative estimate of drug-likeness (QED) is 0.585. The minimum atomic E-state index is -0.227. The van der Waals surface area contributed by atoms with Crippen LogP contribution in [0, 0.1) is 5.41 Å². The molecule has 3 N–H and O–H groups in total. The zero-order chi connectivity index (χ0) is 11.9. The van der Waals surface area contributed by atoms with Crippen molar-refractivity contribution < 1.29 is 9.90 Å². The molecule has 0 aromatic heterocycles. The first kappa shape index (κ1) is 13.5. The normalized spacial score (nSPS) is 25.4. The molecule has 0 aromatic carbocycles. The molecule has 0 aromatic rings. The summed E-state index contributed by atoms with van der Waals surface area (Å²) in [5.41, 5.74) is -0.227. The Labute approximate surface area is 97.8 Å². The molecule has 0 spiro atoms.